The van der Waals surface area contributed by atoms with Crippen LogP contribution in [0.25, 0.3) is 0 Å². The van der Waals surface area contributed by atoms with Crippen LogP contribution in [0.3, 0.4) is 0 Å². The molecule has 2 atom stereocenters. The molecule has 0 amide bonds. The van der Waals surface area contributed by atoms with Crippen molar-refractivity contribution in [1.82, 2.24) is 0 Å². The second-order valence-electron chi connectivity index (χ2n) is 5.70. The number of hydrogen-bond acceptors (Lipinski definition) is 1. The van der Waals surface area contributed by atoms with E-state index < -0.39 is 8.07 Å². The highest BCUT2D eigenvalue weighted by atomic mass is 28.3. The monoisotopic (exact) mass is 198 g/mol. The summed E-state index contributed by atoms with van der Waals surface area (Å²) in [7, 11) is -1.08. The topological polar surface area (TPSA) is 12.5 Å². The molecule has 0 aromatic carbocycles. The third-order valence-corrected chi connectivity index (χ3v) is 7.08. The molecule has 1 nitrogen and oxygen atoms in total. The van der Waals surface area contributed by atoms with Gasteiger partial charge in [-0.05, 0) is 12.8 Å². The summed E-state index contributed by atoms with van der Waals surface area (Å²) in [6.07, 6.45) is 9.01. The number of epoxide rings is 1. The van der Waals surface area contributed by atoms with Crippen LogP contribution >= 0.6 is 0 Å². The summed E-state index contributed by atoms with van der Waals surface area (Å²) in [5.74, 6) is 0. The SMILES string of the molecule is C[Si](C)(C)[C@@]12CCCCCC[C@@H]1O2. The third kappa shape index (κ3) is 1.59. The molecule has 2 rings (SSSR count). The van der Waals surface area contributed by atoms with Gasteiger partial charge in [-0.2, -0.15) is 0 Å². The van der Waals surface area contributed by atoms with E-state index in [2.05, 4.69) is 19.6 Å². The van der Waals surface area contributed by atoms with Gasteiger partial charge < -0.3 is 4.74 Å². The van der Waals surface area contributed by atoms with Gasteiger partial charge in [-0.3, -0.25) is 0 Å². The number of fused-ring (bicyclic) bond motifs is 1. The highest BCUT2D eigenvalue weighted by molar-refractivity contribution is 6.79. The summed E-state index contributed by atoms with van der Waals surface area (Å²) in [4.78, 5) is 0. The van der Waals surface area contributed by atoms with Gasteiger partial charge in [-0.15, -0.1) is 0 Å². The number of rotatable bonds is 1. The summed E-state index contributed by atoms with van der Waals surface area (Å²) >= 11 is 0. The number of hydrogen-bond donors (Lipinski definition) is 0. The fourth-order valence-corrected chi connectivity index (χ4v) is 5.37. The molecule has 0 N–H and O–H groups in total. The molecule has 2 heteroatoms. The molecule has 13 heavy (non-hydrogen) atoms. The quantitative estimate of drug-likeness (QED) is 0.465. The lowest BCUT2D eigenvalue weighted by atomic mass is 10.0. The lowest BCUT2D eigenvalue weighted by Crippen LogP contribution is -2.44. The molecular weight excluding hydrogens is 176 g/mol. The summed E-state index contributed by atoms with van der Waals surface area (Å²) in [6, 6.07) is 0. The minimum atomic E-state index is -1.08. The van der Waals surface area contributed by atoms with Crippen molar-refractivity contribution in [2.75, 3.05) is 0 Å². The Hall–Kier alpha value is 0.177. The normalized spacial score (nSPS) is 40.4. The van der Waals surface area contributed by atoms with Gasteiger partial charge in [0.2, 0.25) is 0 Å². The average molecular weight is 198 g/mol. The van der Waals surface area contributed by atoms with Gasteiger partial charge in [0.15, 0.2) is 0 Å². The van der Waals surface area contributed by atoms with Crippen LogP contribution < -0.4 is 0 Å². The lowest BCUT2D eigenvalue weighted by molar-refractivity contribution is 0.329. The molecule has 2 fully saturated rings. The molecule has 0 bridgehead atoms. The van der Waals surface area contributed by atoms with Crippen LogP contribution in [-0.2, 0) is 4.74 Å². The molecule has 0 aromatic rings. The minimum Gasteiger partial charge on any atom is -0.370 e. The van der Waals surface area contributed by atoms with Crippen LogP contribution in [0.15, 0.2) is 0 Å². The molecule has 0 unspecified atom stereocenters. The highest BCUT2D eigenvalue weighted by Crippen LogP contribution is 2.51. The average Bonchev–Trinajstić information content (AvgIpc) is 2.61. The smallest absolute Gasteiger partial charge is 0.0858 e. The molecule has 0 spiro atoms. The largest absolute Gasteiger partial charge is 0.370 e. The Balaban J connectivity index is 2.07. The van der Waals surface area contributed by atoms with Gasteiger partial charge in [0.05, 0.1) is 19.4 Å². The lowest BCUT2D eigenvalue weighted by Gasteiger charge is -2.27. The van der Waals surface area contributed by atoms with Crippen molar-refractivity contribution in [1.29, 1.82) is 0 Å². The zero-order valence-corrected chi connectivity index (χ0v) is 10.2. The predicted molar refractivity (Wildman–Crippen MR) is 58.7 cm³/mol. The van der Waals surface area contributed by atoms with Crippen molar-refractivity contribution in [3.8, 4) is 0 Å². The van der Waals surface area contributed by atoms with Gasteiger partial charge in [0.25, 0.3) is 0 Å². The fourth-order valence-electron chi connectivity index (χ4n) is 2.84. The predicted octanol–water partition coefficient (Wildman–Crippen LogP) is 3.36. The van der Waals surface area contributed by atoms with Crippen molar-refractivity contribution in [3.05, 3.63) is 0 Å². The maximum atomic E-state index is 6.05. The molecule has 1 saturated carbocycles. The molecule has 2 aliphatic rings. The maximum Gasteiger partial charge on any atom is 0.0858 e. The zero-order chi connectivity index (χ0) is 9.53. The number of ether oxygens (including phenoxy) is 1. The van der Waals surface area contributed by atoms with Crippen molar-refractivity contribution >= 4 is 8.07 Å². The first-order chi connectivity index (χ1) is 6.06. The second-order valence-corrected chi connectivity index (χ2v) is 11.0. The van der Waals surface area contributed by atoms with Crippen molar-refractivity contribution in [2.45, 2.75) is 69.5 Å². The Labute approximate surface area is 82.9 Å². The van der Waals surface area contributed by atoms with E-state index in [4.69, 9.17) is 4.74 Å². The van der Waals surface area contributed by atoms with Crippen LogP contribution in [0.5, 0.6) is 0 Å². The first kappa shape index (κ1) is 9.72. The molecular formula is C11H22OSi. The van der Waals surface area contributed by atoms with Gasteiger partial charge in [-0.25, -0.2) is 0 Å². The van der Waals surface area contributed by atoms with E-state index in [0.29, 0.717) is 11.3 Å². The van der Waals surface area contributed by atoms with Crippen LogP contribution in [0.1, 0.15) is 38.5 Å². The van der Waals surface area contributed by atoms with E-state index in [1.807, 2.05) is 0 Å². The summed E-state index contributed by atoms with van der Waals surface area (Å²) < 4.78 is 6.05. The van der Waals surface area contributed by atoms with E-state index in [-0.39, 0.29) is 0 Å². The van der Waals surface area contributed by atoms with Gasteiger partial charge >= 0.3 is 0 Å². The Kier molecular flexibility index (Phi) is 2.31. The van der Waals surface area contributed by atoms with Crippen molar-refractivity contribution in [2.24, 2.45) is 0 Å². The Morgan fingerprint density at radius 2 is 1.77 bits per heavy atom. The standard InChI is InChI=1S/C11H22OSi/c1-13(2,3)11-9-7-5-4-6-8-10(11)12-11/h10H,4-9H2,1-3H3/t10-,11-/m0/s1. The van der Waals surface area contributed by atoms with E-state index in [9.17, 15) is 0 Å². The van der Waals surface area contributed by atoms with E-state index in [1.165, 1.54) is 38.5 Å². The second kappa shape index (κ2) is 3.09. The zero-order valence-electron chi connectivity index (χ0n) is 9.23. The first-order valence-corrected chi connectivity index (χ1v) is 9.24. The molecule has 1 aliphatic carbocycles. The molecule has 1 saturated heterocycles. The first-order valence-electron chi connectivity index (χ1n) is 5.74. The van der Waals surface area contributed by atoms with Crippen molar-refractivity contribution in [3.63, 3.8) is 0 Å². The fraction of sp³-hybridized carbons (Fsp3) is 1.00. The highest BCUT2D eigenvalue weighted by Gasteiger charge is 2.62. The Morgan fingerprint density at radius 1 is 1.08 bits per heavy atom. The maximum absolute atomic E-state index is 6.05. The van der Waals surface area contributed by atoms with Crippen LogP contribution in [-0.4, -0.2) is 19.4 Å². The van der Waals surface area contributed by atoms with Crippen LogP contribution in [0, 0.1) is 0 Å². The van der Waals surface area contributed by atoms with Gasteiger partial charge in [0, 0.05) is 0 Å². The molecule has 1 aliphatic heterocycles. The Bertz CT molecular complexity index is 197. The van der Waals surface area contributed by atoms with Crippen molar-refractivity contribution < 1.29 is 4.74 Å². The van der Waals surface area contributed by atoms with E-state index in [1.54, 1.807) is 0 Å². The van der Waals surface area contributed by atoms with Gasteiger partial charge in [-0.1, -0.05) is 45.3 Å². The third-order valence-electron chi connectivity index (χ3n) is 3.85. The Morgan fingerprint density at radius 3 is 2.46 bits per heavy atom. The molecule has 0 aromatic heterocycles. The van der Waals surface area contributed by atoms with Crippen LogP contribution in [0.4, 0.5) is 0 Å². The molecule has 0 radical (unpaired) electrons. The molecule has 1 heterocycles. The minimum absolute atomic E-state index is 0.396. The van der Waals surface area contributed by atoms with Crippen LogP contribution in [0.2, 0.25) is 19.6 Å². The molecule has 76 valence electrons. The summed E-state index contributed by atoms with van der Waals surface area (Å²) in [5.41, 5.74) is 0. The summed E-state index contributed by atoms with van der Waals surface area (Å²) in [5, 5.41) is 0.396. The van der Waals surface area contributed by atoms with Gasteiger partial charge in [0.1, 0.15) is 0 Å². The van der Waals surface area contributed by atoms with E-state index in [0.717, 1.165) is 0 Å². The van der Waals surface area contributed by atoms with E-state index >= 15 is 0 Å². The summed E-state index contributed by atoms with van der Waals surface area (Å²) in [6.45, 7) is 7.40.